The molecule has 2 nitrogen and oxygen atoms in total. The van der Waals surface area contributed by atoms with E-state index in [0.717, 1.165) is 0 Å². The highest BCUT2D eigenvalue weighted by molar-refractivity contribution is 7.42. The average molecular weight is 146 g/mol. The maximum Gasteiger partial charge on any atom is 0.211 e. The Morgan fingerprint density at radius 2 is 2.12 bits per heavy atom. The van der Waals surface area contributed by atoms with Crippen LogP contribution in [0.15, 0.2) is 21.5 Å². The van der Waals surface area contributed by atoms with Gasteiger partial charge >= 0.3 is 0 Å². The highest BCUT2D eigenvalue weighted by atomic mass is 31.1. The summed E-state index contributed by atoms with van der Waals surface area (Å²) in [6, 6.07) is 1.48. The van der Waals surface area contributed by atoms with Crippen LogP contribution >= 0.6 is 16.4 Å². The summed E-state index contributed by atoms with van der Waals surface area (Å²) in [7, 11) is 0.130. The molecule has 0 saturated carbocycles. The summed E-state index contributed by atoms with van der Waals surface area (Å²) in [4.78, 5) is 20.9. The van der Waals surface area contributed by atoms with Gasteiger partial charge in [0.05, 0.1) is 0 Å². The molecule has 0 aliphatic rings. The normalized spacial score (nSPS) is 11.0. The molecule has 1 rings (SSSR count). The van der Waals surface area contributed by atoms with E-state index in [1.165, 1.54) is 6.07 Å². The van der Waals surface area contributed by atoms with Crippen LogP contribution < -0.4 is 10.1 Å². The van der Waals surface area contributed by atoms with Crippen LogP contribution in [0.4, 0.5) is 0 Å². The van der Waals surface area contributed by atoms with Crippen LogP contribution in [-0.2, 0) is 0 Å². The van der Waals surface area contributed by atoms with E-state index in [0.29, 0.717) is 0 Å². The first-order chi connectivity index (χ1) is 3.79. The molecule has 0 fully saturated rings. The van der Waals surface area contributed by atoms with Gasteiger partial charge in [0.2, 0.25) is 4.89 Å². The lowest BCUT2D eigenvalue weighted by molar-refractivity contribution is 1.87. The van der Waals surface area contributed by atoms with Crippen molar-refractivity contribution < 1.29 is 0 Å². The zero-order chi connectivity index (χ0) is 5.98. The maximum atomic E-state index is 10.4. The summed E-state index contributed by atoms with van der Waals surface area (Å²) in [5, 5.41) is -0.0336. The van der Waals surface area contributed by atoms with Crippen LogP contribution in [0.5, 0.6) is 0 Å². The Kier molecular flexibility index (Phi) is 1.67. The Labute approximate surface area is 48.7 Å². The van der Waals surface area contributed by atoms with Gasteiger partial charge in [0.25, 0.3) is 0 Å². The molecule has 1 aromatic rings. The lowest BCUT2D eigenvalue weighted by Crippen LogP contribution is -1.92. The Balaban J connectivity index is 3.50. The van der Waals surface area contributed by atoms with E-state index in [9.17, 15) is 9.59 Å². The van der Waals surface area contributed by atoms with Crippen molar-refractivity contribution in [3.63, 3.8) is 0 Å². The standard InChI is InChI=1S/C4H4O2P2/c5-3-1-2-7-4(6)8-3/h1-2,7-8H. The highest BCUT2D eigenvalue weighted by Crippen LogP contribution is 1.93. The minimum atomic E-state index is -0.103. The third-order valence-electron chi connectivity index (χ3n) is 0.686. The molecule has 2 atom stereocenters. The molecule has 0 aromatic carbocycles. The topological polar surface area (TPSA) is 34.1 Å². The molecule has 0 aliphatic carbocycles. The van der Waals surface area contributed by atoms with Crippen molar-refractivity contribution in [3.8, 4) is 0 Å². The molecule has 4 heteroatoms. The molecule has 8 heavy (non-hydrogen) atoms. The van der Waals surface area contributed by atoms with Crippen molar-refractivity contribution in [1.29, 1.82) is 0 Å². The SMILES string of the molecule is O=c1cc[pH]c(=O)[pH]1. The Hall–Kier alpha value is -0.320. The molecule has 0 saturated heterocycles. The van der Waals surface area contributed by atoms with Crippen molar-refractivity contribution in [2.24, 2.45) is 0 Å². The monoisotopic (exact) mass is 146 g/mol. The van der Waals surface area contributed by atoms with Gasteiger partial charge in [-0.2, -0.15) is 0 Å². The molecule has 1 heterocycles. The summed E-state index contributed by atoms with van der Waals surface area (Å²) >= 11 is 0. The second kappa shape index (κ2) is 2.30. The fourth-order valence-corrected chi connectivity index (χ4v) is 2.23. The summed E-state index contributed by atoms with van der Waals surface area (Å²) in [5.74, 6) is 1.64. The van der Waals surface area contributed by atoms with Crippen LogP contribution in [0, 0.1) is 0 Å². The van der Waals surface area contributed by atoms with E-state index >= 15 is 0 Å². The van der Waals surface area contributed by atoms with Crippen molar-refractivity contribution in [3.05, 3.63) is 31.5 Å². The molecule has 2 unspecified atom stereocenters. The van der Waals surface area contributed by atoms with E-state index in [4.69, 9.17) is 0 Å². The molecule has 0 N–H and O–H groups in total. The van der Waals surface area contributed by atoms with Gasteiger partial charge in [0.1, 0.15) is 0 Å². The highest BCUT2D eigenvalue weighted by Gasteiger charge is 1.79. The molecule has 42 valence electrons. The lowest BCUT2D eigenvalue weighted by Gasteiger charge is -1.71. The number of hydrogen-bond donors (Lipinski definition) is 0. The van der Waals surface area contributed by atoms with Gasteiger partial charge in [-0.25, -0.2) is 0 Å². The average Bonchev–Trinajstić information content (AvgIpc) is 1.64. The molecule has 0 spiro atoms. The Bertz CT molecular complexity index is 246. The molecule has 0 amide bonds. The first-order valence-electron chi connectivity index (χ1n) is 2.07. The van der Waals surface area contributed by atoms with Gasteiger partial charge in [0, 0.05) is 0 Å². The van der Waals surface area contributed by atoms with E-state index in [1.807, 2.05) is 0 Å². The quantitative estimate of drug-likeness (QED) is 0.533. The fourth-order valence-electron chi connectivity index (χ4n) is 0.383. The van der Waals surface area contributed by atoms with Gasteiger partial charge in [-0.05, 0) is 20.1 Å². The number of rotatable bonds is 0. The first-order valence-corrected chi connectivity index (χ1v) is 4.15. The second-order valence-corrected chi connectivity index (χ2v) is 4.07. The maximum absolute atomic E-state index is 10.4. The summed E-state index contributed by atoms with van der Waals surface area (Å²) in [5.41, 5.74) is 0. The second-order valence-electron chi connectivity index (χ2n) is 1.30. The molecule has 0 aliphatic heterocycles. The Morgan fingerprint density at radius 1 is 1.38 bits per heavy atom. The molecule has 1 aromatic heterocycles. The van der Waals surface area contributed by atoms with E-state index in [1.54, 1.807) is 5.80 Å². The van der Waals surface area contributed by atoms with E-state index < -0.39 is 0 Å². The third-order valence-corrected chi connectivity index (χ3v) is 2.73. The summed E-state index contributed by atoms with van der Waals surface area (Å²) < 4.78 is 0. The lowest BCUT2D eigenvalue weighted by atomic mass is 10.8. The van der Waals surface area contributed by atoms with Gasteiger partial charge in [-0.3, -0.25) is 9.59 Å². The third kappa shape index (κ3) is 1.33. The van der Waals surface area contributed by atoms with Crippen molar-refractivity contribution in [1.82, 2.24) is 0 Å². The van der Waals surface area contributed by atoms with Crippen molar-refractivity contribution >= 4 is 16.4 Å². The van der Waals surface area contributed by atoms with Gasteiger partial charge in [0.15, 0.2) is 5.16 Å². The summed E-state index contributed by atoms with van der Waals surface area (Å²) in [6.45, 7) is 0. The molecular weight excluding hydrogens is 142 g/mol. The largest absolute Gasteiger partial charge is 0.285 e. The minimum absolute atomic E-state index is 0.0336. The molecule has 0 radical (unpaired) electrons. The van der Waals surface area contributed by atoms with Crippen LogP contribution in [0.3, 0.4) is 0 Å². The smallest absolute Gasteiger partial charge is 0.211 e. The van der Waals surface area contributed by atoms with Crippen molar-refractivity contribution in [2.75, 3.05) is 0 Å². The fraction of sp³-hybridized carbons (Fsp3) is 0. The molecule has 0 bridgehead atoms. The van der Waals surface area contributed by atoms with Gasteiger partial charge < -0.3 is 0 Å². The molecular formula is C4H4O2P2. The van der Waals surface area contributed by atoms with Crippen LogP contribution in [0.25, 0.3) is 0 Å². The van der Waals surface area contributed by atoms with Crippen molar-refractivity contribution in [2.45, 2.75) is 0 Å². The van der Waals surface area contributed by atoms with Crippen LogP contribution in [0.1, 0.15) is 0 Å². The van der Waals surface area contributed by atoms with E-state index in [2.05, 4.69) is 0 Å². The zero-order valence-electron chi connectivity index (χ0n) is 3.97. The van der Waals surface area contributed by atoms with Gasteiger partial charge in [-0.1, -0.05) is 8.19 Å². The van der Waals surface area contributed by atoms with Gasteiger partial charge in [-0.15, -0.1) is 0 Å². The van der Waals surface area contributed by atoms with E-state index in [-0.39, 0.29) is 26.4 Å². The first kappa shape index (κ1) is 5.81. The predicted molar refractivity (Wildman–Crippen MR) is 38.0 cm³/mol. The Morgan fingerprint density at radius 3 is 2.50 bits per heavy atom. The van der Waals surface area contributed by atoms with Crippen LogP contribution in [-0.4, -0.2) is 0 Å². The zero-order valence-corrected chi connectivity index (χ0v) is 5.97. The van der Waals surface area contributed by atoms with Crippen LogP contribution in [0.2, 0.25) is 0 Å². The minimum Gasteiger partial charge on any atom is -0.285 e. The predicted octanol–water partition coefficient (Wildman–Crippen LogP) is 0.470. The summed E-state index contributed by atoms with van der Waals surface area (Å²) in [6.07, 6.45) is 0. The number of hydrogen-bond acceptors (Lipinski definition) is 2.